The molecule has 2 aromatic rings. The molecule has 1 aromatic carbocycles. The van der Waals surface area contributed by atoms with E-state index in [2.05, 4.69) is 5.10 Å². The van der Waals surface area contributed by atoms with E-state index in [1.807, 2.05) is 0 Å². The Kier molecular flexibility index (Phi) is 3.89. The molecule has 1 aromatic heterocycles. The summed E-state index contributed by atoms with van der Waals surface area (Å²) in [5.74, 6) is -0.509. The highest BCUT2D eigenvalue weighted by atomic mass is 19.3. The number of aromatic nitrogens is 2. The molecule has 0 aliphatic carbocycles. The Hall–Kier alpha value is -2.24. The maximum Gasteiger partial charge on any atom is 0.338 e. The van der Waals surface area contributed by atoms with Crippen LogP contribution in [0.25, 0.3) is 0 Å². The smallest absolute Gasteiger partial charge is 0.338 e. The number of rotatable bonds is 4. The summed E-state index contributed by atoms with van der Waals surface area (Å²) in [6.45, 7) is -0.131. The summed E-state index contributed by atoms with van der Waals surface area (Å²) < 4.78 is 31.2. The monoisotopic (exact) mass is 266 g/mol. The molecule has 0 bridgehead atoms. The number of nitrogens with zero attached hydrogens (tertiary/aromatic N) is 2. The molecule has 0 fully saturated rings. The van der Waals surface area contributed by atoms with Gasteiger partial charge in [0.1, 0.15) is 18.0 Å². The molecule has 2 rings (SSSR count). The van der Waals surface area contributed by atoms with Crippen molar-refractivity contribution in [1.29, 1.82) is 0 Å². The predicted octanol–water partition coefficient (Wildman–Crippen LogP) is 2.71. The first-order chi connectivity index (χ1) is 9.08. The van der Waals surface area contributed by atoms with E-state index in [-0.39, 0.29) is 12.3 Å². The number of halogens is 2. The molecule has 0 atom stereocenters. The first-order valence-corrected chi connectivity index (χ1v) is 5.61. The van der Waals surface area contributed by atoms with E-state index in [0.717, 1.165) is 4.68 Å². The largest absolute Gasteiger partial charge is 0.456 e. The molecule has 0 N–H and O–H groups in total. The number of alkyl halides is 2. The van der Waals surface area contributed by atoms with Gasteiger partial charge in [0.2, 0.25) is 0 Å². The van der Waals surface area contributed by atoms with E-state index in [1.165, 1.54) is 13.1 Å². The lowest BCUT2D eigenvalue weighted by Crippen LogP contribution is -2.05. The van der Waals surface area contributed by atoms with Gasteiger partial charge in [-0.25, -0.2) is 13.6 Å². The zero-order chi connectivity index (χ0) is 13.8. The van der Waals surface area contributed by atoms with Crippen molar-refractivity contribution in [3.63, 3.8) is 0 Å². The summed E-state index contributed by atoms with van der Waals surface area (Å²) in [5, 5.41) is 3.86. The van der Waals surface area contributed by atoms with Crippen LogP contribution in [0.4, 0.5) is 8.78 Å². The molecule has 0 amide bonds. The van der Waals surface area contributed by atoms with Crippen molar-refractivity contribution in [3.05, 3.63) is 53.3 Å². The number of hydrogen-bond acceptors (Lipinski definition) is 3. The second-order valence-corrected chi connectivity index (χ2v) is 3.93. The second kappa shape index (κ2) is 5.60. The number of hydrogen-bond donors (Lipinski definition) is 0. The number of benzene rings is 1. The van der Waals surface area contributed by atoms with Crippen molar-refractivity contribution in [3.8, 4) is 0 Å². The summed E-state index contributed by atoms with van der Waals surface area (Å²) in [6.07, 6.45) is -2.60. The molecule has 6 heteroatoms. The molecule has 0 aliphatic heterocycles. The van der Waals surface area contributed by atoms with Crippen LogP contribution in [-0.2, 0) is 18.4 Å². The molecule has 19 heavy (non-hydrogen) atoms. The van der Waals surface area contributed by atoms with Crippen molar-refractivity contribution < 1.29 is 18.3 Å². The van der Waals surface area contributed by atoms with Crippen molar-refractivity contribution in [2.24, 2.45) is 7.05 Å². The normalized spacial score (nSPS) is 10.7. The summed E-state index contributed by atoms with van der Waals surface area (Å²) >= 11 is 0. The minimum atomic E-state index is -2.60. The number of carbonyl (C=O) groups excluding carboxylic acids is 1. The SMILES string of the molecule is Cn1nc(COC(=O)c2ccccc2)cc1C(F)F. The van der Waals surface area contributed by atoms with E-state index < -0.39 is 12.4 Å². The van der Waals surface area contributed by atoms with Gasteiger partial charge in [0.15, 0.2) is 0 Å². The minimum absolute atomic E-state index is 0.131. The molecule has 0 spiro atoms. The Morgan fingerprint density at radius 2 is 2.05 bits per heavy atom. The predicted molar refractivity (Wildman–Crippen MR) is 63.7 cm³/mol. The molecule has 0 unspecified atom stereocenters. The lowest BCUT2D eigenvalue weighted by atomic mass is 10.2. The first-order valence-electron chi connectivity index (χ1n) is 5.61. The van der Waals surface area contributed by atoms with Gasteiger partial charge in [0.05, 0.1) is 5.56 Å². The van der Waals surface area contributed by atoms with Gasteiger partial charge in [-0.3, -0.25) is 4.68 Å². The fourth-order valence-electron chi connectivity index (χ4n) is 1.62. The highest BCUT2D eigenvalue weighted by Crippen LogP contribution is 2.19. The van der Waals surface area contributed by atoms with E-state index in [0.29, 0.717) is 11.3 Å². The quantitative estimate of drug-likeness (QED) is 0.799. The third-order valence-electron chi connectivity index (χ3n) is 2.55. The van der Waals surface area contributed by atoms with Crippen molar-refractivity contribution in [2.75, 3.05) is 0 Å². The van der Waals surface area contributed by atoms with Crippen molar-refractivity contribution in [2.45, 2.75) is 13.0 Å². The molecule has 4 nitrogen and oxygen atoms in total. The van der Waals surface area contributed by atoms with Crippen LogP contribution in [0.2, 0.25) is 0 Å². The number of esters is 1. The fourth-order valence-corrected chi connectivity index (χ4v) is 1.62. The average Bonchev–Trinajstić information content (AvgIpc) is 2.78. The summed E-state index contributed by atoms with van der Waals surface area (Å²) in [4.78, 5) is 11.6. The molecule has 100 valence electrons. The van der Waals surface area contributed by atoms with Crippen LogP contribution in [0.5, 0.6) is 0 Å². The summed E-state index contributed by atoms with van der Waals surface area (Å²) in [7, 11) is 1.42. The molecule has 0 radical (unpaired) electrons. The Labute approximate surface area is 108 Å². The van der Waals surface area contributed by atoms with Gasteiger partial charge in [-0.2, -0.15) is 5.10 Å². The van der Waals surface area contributed by atoms with Crippen LogP contribution in [0, 0.1) is 0 Å². The van der Waals surface area contributed by atoms with Gasteiger partial charge in [-0.05, 0) is 18.2 Å². The molecule has 1 heterocycles. The lowest BCUT2D eigenvalue weighted by Gasteiger charge is -2.02. The van der Waals surface area contributed by atoms with Crippen molar-refractivity contribution >= 4 is 5.97 Å². The first kappa shape index (κ1) is 13.2. The van der Waals surface area contributed by atoms with Crippen LogP contribution in [0.1, 0.15) is 28.2 Å². The third-order valence-corrected chi connectivity index (χ3v) is 2.55. The number of carbonyl (C=O) groups is 1. The highest BCUT2D eigenvalue weighted by Gasteiger charge is 2.15. The fraction of sp³-hybridized carbons (Fsp3) is 0.231. The zero-order valence-electron chi connectivity index (χ0n) is 10.2. The Bertz CT molecular complexity index is 567. The van der Waals surface area contributed by atoms with Gasteiger partial charge >= 0.3 is 5.97 Å². The van der Waals surface area contributed by atoms with Crippen molar-refractivity contribution in [1.82, 2.24) is 9.78 Å². The molecular formula is C13H12F2N2O2. The standard InChI is InChI=1S/C13H12F2N2O2/c1-17-11(12(14)15)7-10(16-17)8-19-13(18)9-5-3-2-4-6-9/h2-7,12H,8H2,1H3. The van der Waals surface area contributed by atoms with Gasteiger partial charge < -0.3 is 4.74 Å². The van der Waals surface area contributed by atoms with Crippen LogP contribution in [-0.4, -0.2) is 15.7 Å². The maximum atomic E-state index is 12.5. The van der Waals surface area contributed by atoms with Gasteiger partial charge in [-0.15, -0.1) is 0 Å². The van der Waals surface area contributed by atoms with Crippen LogP contribution in [0.15, 0.2) is 36.4 Å². The van der Waals surface area contributed by atoms with Crippen LogP contribution < -0.4 is 0 Å². The van der Waals surface area contributed by atoms with Crippen LogP contribution >= 0.6 is 0 Å². The van der Waals surface area contributed by atoms with Gasteiger partial charge in [0.25, 0.3) is 6.43 Å². The second-order valence-electron chi connectivity index (χ2n) is 3.93. The Morgan fingerprint density at radius 3 is 2.63 bits per heavy atom. The van der Waals surface area contributed by atoms with E-state index in [4.69, 9.17) is 4.74 Å². The number of ether oxygens (including phenoxy) is 1. The topological polar surface area (TPSA) is 44.1 Å². The molecular weight excluding hydrogens is 254 g/mol. The molecule has 0 saturated heterocycles. The highest BCUT2D eigenvalue weighted by molar-refractivity contribution is 5.89. The molecule has 0 aliphatic rings. The van der Waals surface area contributed by atoms with E-state index in [9.17, 15) is 13.6 Å². The van der Waals surface area contributed by atoms with E-state index in [1.54, 1.807) is 30.3 Å². The number of aryl methyl sites for hydroxylation is 1. The zero-order valence-corrected chi connectivity index (χ0v) is 10.2. The summed E-state index contributed by atoms with van der Waals surface area (Å²) in [5.41, 5.74) is 0.500. The lowest BCUT2D eigenvalue weighted by molar-refractivity contribution is 0.0467. The van der Waals surface area contributed by atoms with E-state index >= 15 is 0 Å². The van der Waals surface area contributed by atoms with Gasteiger partial charge in [0, 0.05) is 7.05 Å². The minimum Gasteiger partial charge on any atom is -0.456 e. The molecule has 0 saturated carbocycles. The van der Waals surface area contributed by atoms with Gasteiger partial charge in [-0.1, -0.05) is 18.2 Å². The summed E-state index contributed by atoms with van der Waals surface area (Å²) in [6, 6.07) is 9.67. The third kappa shape index (κ3) is 3.15. The Morgan fingerprint density at radius 1 is 1.37 bits per heavy atom. The van der Waals surface area contributed by atoms with Crippen LogP contribution in [0.3, 0.4) is 0 Å². The average molecular weight is 266 g/mol. The Balaban J connectivity index is 1.99. The maximum absolute atomic E-state index is 12.5.